The SMILES string of the molecule is Cc1cc(O)c(C2CCCCC2)cc1C(C)(C)c1cccc(C(C)(C)c2cc(C3CCCCC3)c(O)cc2C)c1. The predicted molar refractivity (Wildman–Crippen MR) is 168 cm³/mol. The van der Waals surface area contributed by atoms with Crippen molar-refractivity contribution in [3.8, 4) is 11.5 Å². The van der Waals surface area contributed by atoms with Gasteiger partial charge in [-0.3, -0.25) is 0 Å². The fourth-order valence-electron chi connectivity index (χ4n) is 7.85. The highest BCUT2D eigenvalue weighted by molar-refractivity contribution is 5.53. The third kappa shape index (κ3) is 5.44. The summed E-state index contributed by atoms with van der Waals surface area (Å²) in [5.74, 6) is 1.86. The van der Waals surface area contributed by atoms with Crippen molar-refractivity contribution in [1.29, 1.82) is 0 Å². The van der Waals surface area contributed by atoms with Crippen LogP contribution in [0.25, 0.3) is 0 Å². The molecule has 5 rings (SSSR count). The van der Waals surface area contributed by atoms with Gasteiger partial charge >= 0.3 is 0 Å². The average molecular weight is 539 g/mol. The van der Waals surface area contributed by atoms with Crippen molar-refractivity contribution in [3.63, 3.8) is 0 Å². The van der Waals surface area contributed by atoms with Crippen molar-refractivity contribution in [2.24, 2.45) is 0 Å². The van der Waals surface area contributed by atoms with Crippen molar-refractivity contribution >= 4 is 0 Å². The Morgan fingerprint density at radius 1 is 0.550 bits per heavy atom. The van der Waals surface area contributed by atoms with Crippen LogP contribution in [-0.4, -0.2) is 10.2 Å². The second-order valence-corrected chi connectivity index (χ2v) is 14.0. The Morgan fingerprint density at radius 2 is 0.925 bits per heavy atom. The first-order valence-electron chi connectivity index (χ1n) is 15.8. The van der Waals surface area contributed by atoms with Crippen LogP contribution < -0.4 is 0 Å². The number of phenols is 2. The standard InChI is InChI=1S/C38H50O2/c1-25-20-35(39)31(27-14-9-7-10-15-27)23-33(25)37(3,4)29-18-13-19-30(22-29)38(5,6)34-24-32(36(40)21-26(34)2)28-16-11-8-12-17-28/h13,18-24,27-28,39-40H,7-12,14-17H2,1-6H3. The zero-order chi connectivity index (χ0) is 28.7. The van der Waals surface area contributed by atoms with Crippen LogP contribution in [0.1, 0.15) is 148 Å². The minimum atomic E-state index is -0.204. The Kier molecular flexibility index (Phi) is 8.10. The normalized spacial score (nSPS) is 17.8. The number of aryl methyl sites for hydroxylation is 2. The Hall–Kier alpha value is -2.74. The lowest BCUT2D eigenvalue weighted by molar-refractivity contribution is 0.413. The molecule has 2 saturated carbocycles. The number of rotatable bonds is 6. The van der Waals surface area contributed by atoms with E-state index >= 15 is 0 Å². The first-order valence-corrected chi connectivity index (χ1v) is 15.8. The fourth-order valence-corrected chi connectivity index (χ4v) is 7.85. The number of benzene rings is 3. The predicted octanol–water partition coefficient (Wildman–Crippen LogP) is 10.5. The maximum absolute atomic E-state index is 10.9. The van der Waals surface area contributed by atoms with Gasteiger partial charge in [-0.05, 0) is 108 Å². The maximum atomic E-state index is 10.9. The molecule has 2 aliphatic carbocycles. The minimum absolute atomic E-state index is 0.204. The van der Waals surface area contributed by atoms with Gasteiger partial charge in [0.15, 0.2) is 0 Å². The van der Waals surface area contributed by atoms with Crippen LogP contribution in [0.15, 0.2) is 48.5 Å². The summed E-state index contributed by atoms with van der Waals surface area (Å²) in [4.78, 5) is 0. The zero-order valence-corrected chi connectivity index (χ0v) is 25.7. The number of hydrogen-bond acceptors (Lipinski definition) is 2. The van der Waals surface area contributed by atoms with Crippen molar-refractivity contribution in [1.82, 2.24) is 0 Å². The van der Waals surface area contributed by atoms with Gasteiger partial charge in [0.25, 0.3) is 0 Å². The lowest BCUT2D eigenvalue weighted by Gasteiger charge is -2.34. The first-order chi connectivity index (χ1) is 19.0. The molecular formula is C38H50O2. The van der Waals surface area contributed by atoms with E-state index in [0.29, 0.717) is 23.3 Å². The molecule has 0 aliphatic heterocycles. The molecule has 0 atom stereocenters. The summed E-state index contributed by atoms with van der Waals surface area (Å²) in [6.45, 7) is 13.6. The highest BCUT2D eigenvalue weighted by Crippen LogP contribution is 2.45. The van der Waals surface area contributed by atoms with Crippen LogP contribution >= 0.6 is 0 Å². The molecular weight excluding hydrogens is 488 g/mol. The lowest BCUT2D eigenvalue weighted by Crippen LogP contribution is -2.25. The van der Waals surface area contributed by atoms with Gasteiger partial charge in [0.05, 0.1) is 0 Å². The van der Waals surface area contributed by atoms with Crippen molar-refractivity contribution in [3.05, 3.63) is 93.0 Å². The minimum Gasteiger partial charge on any atom is -0.508 e. The molecule has 40 heavy (non-hydrogen) atoms. The molecule has 0 aromatic heterocycles. The topological polar surface area (TPSA) is 40.5 Å². The summed E-state index contributed by atoms with van der Waals surface area (Å²) in [5.41, 5.74) is 9.38. The highest BCUT2D eigenvalue weighted by atomic mass is 16.3. The molecule has 0 bridgehead atoms. The average Bonchev–Trinajstić information content (AvgIpc) is 2.94. The zero-order valence-electron chi connectivity index (χ0n) is 25.7. The molecule has 0 amide bonds. The molecule has 2 nitrogen and oxygen atoms in total. The highest BCUT2D eigenvalue weighted by Gasteiger charge is 2.32. The molecule has 2 fully saturated rings. The molecule has 2 aliphatic rings. The van der Waals surface area contributed by atoms with Gasteiger partial charge in [-0.1, -0.05) is 103 Å². The summed E-state index contributed by atoms with van der Waals surface area (Å²) in [7, 11) is 0. The summed E-state index contributed by atoms with van der Waals surface area (Å²) < 4.78 is 0. The summed E-state index contributed by atoms with van der Waals surface area (Å²) in [6.07, 6.45) is 12.4. The van der Waals surface area contributed by atoms with Crippen molar-refractivity contribution in [2.45, 2.75) is 128 Å². The molecule has 0 radical (unpaired) electrons. The third-order valence-electron chi connectivity index (χ3n) is 10.5. The Bertz CT molecular complexity index is 1250. The molecule has 0 saturated heterocycles. The van der Waals surface area contributed by atoms with E-state index < -0.39 is 0 Å². The number of phenolic OH excluding ortho intramolecular Hbond substituents is 2. The van der Waals surface area contributed by atoms with Gasteiger partial charge in [0, 0.05) is 10.8 Å². The van der Waals surface area contributed by atoms with Crippen LogP contribution in [0.5, 0.6) is 11.5 Å². The van der Waals surface area contributed by atoms with Crippen molar-refractivity contribution < 1.29 is 10.2 Å². The number of aromatic hydroxyl groups is 2. The van der Waals surface area contributed by atoms with Crippen LogP contribution in [0.4, 0.5) is 0 Å². The lowest BCUT2D eigenvalue weighted by atomic mass is 9.70. The van der Waals surface area contributed by atoms with Crippen LogP contribution in [0, 0.1) is 13.8 Å². The smallest absolute Gasteiger partial charge is 0.119 e. The van der Waals surface area contributed by atoms with E-state index in [0.717, 1.165) is 22.3 Å². The van der Waals surface area contributed by atoms with Crippen LogP contribution in [0.3, 0.4) is 0 Å². The molecule has 214 valence electrons. The second kappa shape index (κ2) is 11.3. The van der Waals surface area contributed by atoms with Crippen LogP contribution in [-0.2, 0) is 10.8 Å². The molecule has 0 unspecified atom stereocenters. The molecule has 3 aromatic rings. The van der Waals surface area contributed by atoms with Gasteiger partial charge in [-0.25, -0.2) is 0 Å². The van der Waals surface area contributed by atoms with E-state index in [4.69, 9.17) is 0 Å². The van der Waals surface area contributed by atoms with E-state index in [1.54, 1.807) is 0 Å². The van der Waals surface area contributed by atoms with Crippen molar-refractivity contribution in [2.75, 3.05) is 0 Å². The molecule has 3 aromatic carbocycles. The first kappa shape index (κ1) is 28.8. The van der Waals surface area contributed by atoms with E-state index in [-0.39, 0.29) is 10.8 Å². The molecule has 2 N–H and O–H groups in total. The summed E-state index contributed by atoms with van der Waals surface area (Å²) in [5, 5.41) is 21.9. The largest absolute Gasteiger partial charge is 0.508 e. The Labute approximate surface area is 242 Å². The summed E-state index contributed by atoms with van der Waals surface area (Å²) >= 11 is 0. The van der Waals surface area contributed by atoms with Gasteiger partial charge in [-0.2, -0.15) is 0 Å². The van der Waals surface area contributed by atoms with Gasteiger partial charge < -0.3 is 10.2 Å². The van der Waals surface area contributed by atoms with E-state index in [1.165, 1.54) is 86.5 Å². The molecule has 0 heterocycles. The van der Waals surface area contributed by atoms with Gasteiger partial charge in [0.2, 0.25) is 0 Å². The Balaban J connectivity index is 1.53. The summed E-state index contributed by atoms with van der Waals surface area (Å²) in [6, 6.07) is 17.8. The van der Waals surface area contributed by atoms with Gasteiger partial charge in [0.1, 0.15) is 11.5 Å². The second-order valence-electron chi connectivity index (χ2n) is 14.0. The van der Waals surface area contributed by atoms with E-state index in [2.05, 4.69) is 77.9 Å². The van der Waals surface area contributed by atoms with E-state index in [9.17, 15) is 10.2 Å². The monoisotopic (exact) mass is 538 g/mol. The van der Waals surface area contributed by atoms with Crippen LogP contribution in [0.2, 0.25) is 0 Å². The molecule has 2 heteroatoms. The van der Waals surface area contributed by atoms with E-state index in [1.807, 2.05) is 12.1 Å². The molecule has 0 spiro atoms. The van der Waals surface area contributed by atoms with Gasteiger partial charge in [-0.15, -0.1) is 0 Å². The quantitative estimate of drug-likeness (QED) is 0.328. The fraction of sp³-hybridized carbons (Fsp3) is 0.526. The maximum Gasteiger partial charge on any atom is 0.119 e. The Morgan fingerprint density at radius 3 is 1.30 bits per heavy atom. The number of hydrogen-bond donors (Lipinski definition) is 2. The third-order valence-corrected chi connectivity index (χ3v) is 10.5.